The minimum atomic E-state index is -3.20. The summed E-state index contributed by atoms with van der Waals surface area (Å²) in [5.41, 5.74) is 10.1. The largest absolute Gasteiger partial charge is 0.378 e. The van der Waals surface area contributed by atoms with Crippen molar-refractivity contribution in [1.82, 2.24) is 33.5 Å². The molecule has 6 rings (SSSR count). The zero-order valence-electron chi connectivity index (χ0n) is 19.4. The van der Waals surface area contributed by atoms with Crippen LogP contribution in [0.2, 0.25) is 0 Å². The van der Waals surface area contributed by atoms with Crippen molar-refractivity contribution in [1.29, 1.82) is 0 Å². The molecule has 0 radical (unpaired) electrons. The first kappa shape index (κ1) is 22.2. The molecule has 3 aliphatic heterocycles. The molecule has 0 aliphatic carbocycles. The molecule has 35 heavy (non-hydrogen) atoms. The SMILES string of the molecule is CS(=O)(=O)N1C=C2CN(Cc3cn4cc(-c5cnc(N)nc5)nc(N5CCOCC5)c4n3)CC2C1. The highest BCUT2D eigenvalue weighted by Gasteiger charge is 2.36. The lowest BCUT2D eigenvalue weighted by Gasteiger charge is -2.28. The molecular weight excluding hydrogens is 470 g/mol. The molecule has 0 aromatic carbocycles. The molecule has 6 heterocycles. The van der Waals surface area contributed by atoms with Gasteiger partial charge in [-0.25, -0.2) is 28.4 Å². The van der Waals surface area contributed by atoms with E-state index in [0.717, 1.165) is 54.6 Å². The quantitative estimate of drug-likeness (QED) is 0.521. The lowest BCUT2D eigenvalue weighted by molar-refractivity contribution is 0.122. The fourth-order valence-electron chi connectivity index (χ4n) is 4.94. The van der Waals surface area contributed by atoms with E-state index in [9.17, 15) is 8.42 Å². The van der Waals surface area contributed by atoms with Crippen molar-refractivity contribution >= 4 is 27.4 Å². The van der Waals surface area contributed by atoms with Gasteiger partial charge in [0.15, 0.2) is 11.5 Å². The number of likely N-dealkylation sites (tertiary alicyclic amines) is 1. The average Bonchev–Trinajstić information content (AvgIpc) is 3.52. The van der Waals surface area contributed by atoms with Gasteiger partial charge in [-0.2, -0.15) is 0 Å². The monoisotopic (exact) mass is 497 g/mol. The average molecular weight is 498 g/mol. The van der Waals surface area contributed by atoms with Crippen molar-refractivity contribution in [2.75, 3.05) is 62.8 Å². The molecule has 3 aliphatic rings. The summed E-state index contributed by atoms with van der Waals surface area (Å²) in [5, 5.41) is 0. The number of anilines is 2. The third-order valence-electron chi connectivity index (χ3n) is 6.68. The third kappa shape index (κ3) is 4.30. The maximum Gasteiger partial charge on any atom is 0.231 e. The van der Waals surface area contributed by atoms with Crippen LogP contribution in [0.4, 0.5) is 11.8 Å². The van der Waals surface area contributed by atoms with E-state index in [1.807, 2.05) is 16.8 Å². The highest BCUT2D eigenvalue weighted by atomic mass is 32.2. The summed E-state index contributed by atoms with van der Waals surface area (Å²) in [6.07, 6.45) is 10.4. The minimum Gasteiger partial charge on any atom is -0.378 e. The molecule has 0 spiro atoms. The Morgan fingerprint density at radius 3 is 2.60 bits per heavy atom. The van der Waals surface area contributed by atoms with E-state index in [0.29, 0.717) is 26.3 Å². The Morgan fingerprint density at radius 2 is 1.89 bits per heavy atom. The van der Waals surface area contributed by atoms with Crippen molar-refractivity contribution in [3.8, 4) is 11.3 Å². The second-order valence-electron chi connectivity index (χ2n) is 9.25. The van der Waals surface area contributed by atoms with Crippen LogP contribution in [0.25, 0.3) is 16.9 Å². The van der Waals surface area contributed by atoms with Crippen LogP contribution < -0.4 is 10.6 Å². The van der Waals surface area contributed by atoms with E-state index in [1.54, 1.807) is 18.6 Å². The summed E-state index contributed by atoms with van der Waals surface area (Å²) >= 11 is 0. The number of nitrogen functional groups attached to an aromatic ring is 1. The molecule has 0 bridgehead atoms. The summed E-state index contributed by atoms with van der Waals surface area (Å²) in [6.45, 7) is 5.53. The van der Waals surface area contributed by atoms with Gasteiger partial charge in [-0.3, -0.25) is 9.21 Å². The number of hydrogen-bond donors (Lipinski definition) is 1. The Balaban J connectivity index is 1.30. The van der Waals surface area contributed by atoms with Crippen LogP contribution in [-0.4, -0.2) is 94.2 Å². The first-order valence-corrected chi connectivity index (χ1v) is 13.4. The van der Waals surface area contributed by atoms with E-state index >= 15 is 0 Å². The van der Waals surface area contributed by atoms with Crippen LogP contribution >= 0.6 is 0 Å². The van der Waals surface area contributed by atoms with Gasteiger partial charge < -0.3 is 19.8 Å². The number of ether oxygens (including phenoxy) is 1. The second kappa shape index (κ2) is 8.43. The van der Waals surface area contributed by atoms with Gasteiger partial charge in [0.25, 0.3) is 0 Å². The molecule has 2 saturated heterocycles. The molecule has 2 fully saturated rings. The third-order valence-corrected chi connectivity index (χ3v) is 7.79. The number of fused-ring (bicyclic) bond motifs is 2. The molecule has 3 aromatic rings. The number of sulfonamides is 1. The zero-order valence-corrected chi connectivity index (χ0v) is 20.2. The van der Waals surface area contributed by atoms with Crippen LogP contribution in [-0.2, 0) is 21.3 Å². The van der Waals surface area contributed by atoms with E-state index in [1.165, 1.54) is 16.1 Å². The first-order chi connectivity index (χ1) is 16.8. The number of imidazole rings is 1. The first-order valence-electron chi connectivity index (χ1n) is 11.5. The molecule has 13 heteroatoms. The van der Waals surface area contributed by atoms with E-state index in [2.05, 4.69) is 19.8 Å². The van der Waals surface area contributed by atoms with Gasteiger partial charge in [-0.15, -0.1) is 0 Å². The topological polar surface area (TPSA) is 135 Å². The summed E-state index contributed by atoms with van der Waals surface area (Å²) in [5.74, 6) is 1.27. The second-order valence-corrected chi connectivity index (χ2v) is 11.2. The highest BCUT2D eigenvalue weighted by Crippen LogP contribution is 2.32. The number of nitrogens with two attached hydrogens (primary N) is 1. The van der Waals surface area contributed by atoms with Gasteiger partial charge in [0.1, 0.15) is 0 Å². The van der Waals surface area contributed by atoms with Gasteiger partial charge in [0, 0.05) is 81.7 Å². The van der Waals surface area contributed by atoms with Crippen molar-refractivity contribution in [2.45, 2.75) is 6.54 Å². The zero-order chi connectivity index (χ0) is 24.2. The van der Waals surface area contributed by atoms with Crippen LogP contribution in [0.5, 0.6) is 0 Å². The summed E-state index contributed by atoms with van der Waals surface area (Å²) in [4.78, 5) is 22.6. The molecule has 2 N–H and O–H groups in total. The molecule has 1 atom stereocenters. The van der Waals surface area contributed by atoms with Gasteiger partial charge in [-0.1, -0.05) is 0 Å². The molecule has 0 amide bonds. The Morgan fingerprint density at radius 1 is 1.11 bits per heavy atom. The molecule has 1 unspecified atom stereocenters. The van der Waals surface area contributed by atoms with Gasteiger partial charge >= 0.3 is 0 Å². The standard InChI is InChI=1S/C22H27N9O3S/c1-35(32,33)31-10-16-8-28(9-17(16)11-31)12-18-13-30-14-19(15-6-24-22(23)25-7-15)27-21(20(30)26-18)29-2-4-34-5-3-29/h6-7,10,13-14,17H,2-5,8-9,11-12H2,1H3,(H2,23,24,25). The molecule has 0 saturated carbocycles. The van der Waals surface area contributed by atoms with Gasteiger partial charge in [0.05, 0.1) is 30.9 Å². The summed E-state index contributed by atoms with van der Waals surface area (Å²) < 4.78 is 32.7. The predicted octanol–water partition coefficient (Wildman–Crippen LogP) is 0.196. The Labute approximate surface area is 203 Å². The van der Waals surface area contributed by atoms with E-state index in [-0.39, 0.29) is 11.9 Å². The van der Waals surface area contributed by atoms with Crippen molar-refractivity contribution in [3.05, 3.63) is 42.3 Å². The molecular formula is C22H27N9O3S. The smallest absolute Gasteiger partial charge is 0.231 e. The maximum atomic E-state index is 11.9. The number of hydrogen-bond acceptors (Lipinski definition) is 10. The lowest BCUT2D eigenvalue weighted by Crippen LogP contribution is -2.37. The maximum absolute atomic E-state index is 11.9. The Bertz CT molecular complexity index is 1400. The van der Waals surface area contributed by atoms with Crippen molar-refractivity contribution in [2.24, 2.45) is 5.92 Å². The van der Waals surface area contributed by atoms with E-state index in [4.69, 9.17) is 20.4 Å². The number of morpholine rings is 1. The minimum absolute atomic E-state index is 0.221. The lowest BCUT2D eigenvalue weighted by atomic mass is 10.1. The Kier molecular flexibility index (Phi) is 5.34. The van der Waals surface area contributed by atoms with Crippen molar-refractivity contribution in [3.63, 3.8) is 0 Å². The van der Waals surface area contributed by atoms with Crippen LogP contribution in [0.3, 0.4) is 0 Å². The van der Waals surface area contributed by atoms with E-state index < -0.39 is 10.0 Å². The van der Waals surface area contributed by atoms with Crippen LogP contribution in [0.1, 0.15) is 5.69 Å². The normalized spacial score (nSPS) is 21.1. The summed E-state index contributed by atoms with van der Waals surface area (Å²) in [6, 6.07) is 0. The molecule has 12 nitrogen and oxygen atoms in total. The Hall–Kier alpha value is -3.29. The van der Waals surface area contributed by atoms with Crippen LogP contribution in [0.15, 0.2) is 36.6 Å². The van der Waals surface area contributed by atoms with Crippen molar-refractivity contribution < 1.29 is 13.2 Å². The van der Waals surface area contributed by atoms with Gasteiger partial charge in [-0.05, 0) is 5.57 Å². The number of aromatic nitrogens is 5. The van der Waals surface area contributed by atoms with Gasteiger partial charge in [0.2, 0.25) is 16.0 Å². The fourth-order valence-corrected chi connectivity index (χ4v) is 5.72. The predicted molar refractivity (Wildman–Crippen MR) is 130 cm³/mol. The summed E-state index contributed by atoms with van der Waals surface area (Å²) in [7, 11) is -3.20. The fraction of sp³-hybridized carbons (Fsp3) is 0.455. The van der Waals surface area contributed by atoms with Crippen LogP contribution in [0, 0.1) is 5.92 Å². The highest BCUT2D eigenvalue weighted by molar-refractivity contribution is 7.88. The number of nitrogens with zero attached hydrogens (tertiary/aromatic N) is 8. The number of rotatable bonds is 5. The molecule has 184 valence electrons. The molecule has 3 aromatic heterocycles.